The van der Waals surface area contributed by atoms with Crippen LogP contribution in [0.3, 0.4) is 0 Å². The van der Waals surface area contributed by atoms with Gasteiger partial charge in [-0.3, -0.25) is 9.10 Å². The minimum Gasteiger partial charge on any atom is -0.497 e. The Bertz CT molecular complexity index is 1310. The number of nitrogens with zero attached hydrogens (tertiary/aromatic N) is 2. The van der Waals surface area contributed by atoms with Gasteiger partial charge in [0.15, 0.2) is 0 Å². The molecule has 1 aliphatic heterocycles. The molecule has 3 aromatic carbocycles. The number of hydrogen-bond donors (Lipinski definition) is 0. The van der Waals surface area contributed by atoms with Gasteiger partial charge in [0.05, 0.1) is 24.8 Å². The summed E-state index contributed by atoms with van der Waals surface area (Å²) in [5.74, 6) is 0.449. The molecule has 3 aromatic rings. The molecule has 0 unspecified atom stereocenters. The molecule has 0 saturated carbocycles. The van der Waals surface area contributed by atoms with Gasteiger partial charge in [-0.25, -0.2) is 8.42 Å². The summed E-state index contributed by atoms with van der Waals surface area (Å²) in [6.45, 7) is 3.45. The Morgan fingerprint density at radius 2 is 1.74 bits per heavy atom. The van der Waals surface area contributed by atoms with Crippen LogP contribution in [0.1, 0.15) is 18.1 Å². The van der Waals surface area contributed by atoms with Crippen LogP contribution >= 0.6 is 0 Å². The van der Waals surface area contributed by atoms with Crippen LogP contribution in [0.4, 0.5) is 11.4 Å². The van der Waals surface area contributed by atoms with E-state index >= 15 is 0 Å². The summed E-state index contributed by atoms with van der Waals surface area (Å²) >= 11 is 0. The van der Waals surface area contributed by atoms with Crippen LogP contribution < -0.4 is 18.7 Å². The number of fused-ring (bicyclic) bond motifs is 1. The number of rotatable bonds is 7. The first kappa shape index (κ1) is 23.6. The molecule has 0 fully saturated rings. The number of amides is 1. The van der Waals surface area contributed by atoms with Crippen molar-refractivity contribution >= 4 is 27.3 Å². The molecule has 1 amide bonds. The lowest BCUT2D eigenvalue weighted by molar-refractivity contribution is -0.117. The number of carbonyl (C=O) groups excluding carboxylic acids is 1. The summed E-state index contributed by atoms with van der Waals surface area (Å²) < 4.78 is 39.6. The number of methoxy groups -OCH3 is 2. The van der Waals surface area contributed by atoms with E-state index < -0.39 is 16.6 Å². The Morgan fingerprint density at radius 3 is 2.41 bits per heavy atom. The fraction of sp³-hybridized carbons (Fsp3) is 0.269. The minimum absolute atomic E-state index is 0.0824. The maximum atomic E-state index is 13.8. The van der Waals surface area contributed by atoms with Crippen molar-refractivity contribution in [1.29, 1.82) is 0 Å². The fourth-order valence-corrected chi connectivity index (χ4v) is 5.69. The summed E-state index contributed by atoms with van der Waals surface area (Å²) in [6, 6.07) is 19.0. The highest BCUT2D eigenvalue weighted by atomic mass is 32.2. The van der Waals surface area contributed by atoms with E-state index in [1.165, 1.54) is 14.2 Å². The second-order valence-electron chi connectivity index (χ2n) is 8.31. The monoisotopic (exact) mass is 480 g/mol. The first-order chi connectivity index (χ1) is 16.3. The summed E-state index contributed by atoms with van der Waals surface area (Å²) in [4.78, 5) is 15.4. The largest absolute Gasteiger partial charge is 0.497 e. The number of para-hydroxylation sites is 1. The van der Waals surface area contributed by atoms with Gasteiger partial charge in [-0.15, -0.1) is 0 Å². The molecular weight excluding hydrogens is 452 g/mol. The number of hydrogen-bond acceptors (Lipinski definition) is 5. The van der Waals surface area contributed by atoms with Gasteiger partial charge in [-0.05, 0) is 56.2 Å². The third kappa shape index (κ3) is 4.33. The van der Waals surface area contributed by atoms with Crippen molar-refractivity contribution < 1.29 is 22.7 Å². The van der Waals surface area contributed by atoms with E-state index in [0.717, 1.165) is 27.5 Å². The molecule has 178 valence electrons. The van der Waals surface area contributed by atoms with Crippen molar-refractivity contribution in [3.05, 3.63) is 77.9 Å². The zero-order chi connectivity index (χ0) is 24.5. The van der Waals surface area contributed by atoms with Crippen molar-refractivity contribution in [3.8, 4) is 11.5 Å². The highest BCUT2D eigenvalue weighted by Crippen LogP contribution is 2.37. The van der Waals surface area contributed by atoms with E-state index in [-0.39, 0.29) is 22.5 Å². The van der Waals surface area contributed by atoms with E-state index in [1.54, 1.807) is 47.4 Å². The van der Waals surface area contributed by atoms with E-state index in [4.69, 9.17) is 9.47 Å². The molecule has 34 heavy (non-hydrogen) atoms. The topological polar surface area (TPSA) is 76.2 Å². The van der Waals surface area contributed by atoms with Gasteiger partial charge in [-0.2, -0.15) is 0 Å². The number of ether oxygens (including phenoxy) is 2. The van der Waals surface area contributed by atoms with Crippen molar-refractivity contribution in [3.63, 3.8) is 0 Å². The van der Waals surface area contributed by atoms with Gasteiger partial charge < -0.3 is 14.4 Å². The lowest BCUT2D eigenvalue weighted by atomic mass is 10.1. The Labute approximate surface area is 200 Å². The molecule has 1 heterocycles. The van der Waals surface area contributed by atoms with Gasteiger partial charge in [0.25, 0.3) is 10.0 Å². The van der Waals surface area contributed by atoms with E-state index in [9.17, 15) is 13.2 Å². The maximum absolute atomic E-state index is 13.8. The molecule has 0 saturated heterocycles. The first-order valence-corrected chi connectivity index (χ1v) is 12.4. The van der Waals surface area contributed by atoms with Gasteiger partial charge in [0, 0.05) is 17.8 Å². The lowest BCUT2D eigenvalue weighted by Crippen LogP contribution is -2.45. The van der Waals surface area contributed by atoms with Crippen LogP contribution in [0.2, 0.25) is 0 Å². The van der Waals surface area contributed by atoms with Crippen LogP contribution in [-0.2, 0) is 21.2 Å². The molecule has 0 spiro atoms. The number of carbonyl (C=O) groups is 1. The molecule has 0 N–H and O–H groups in total. The number of anilines is 2. The molecule has 1 aliphatic rings. The van der Waals surface area contributed by atoms with E-state index in [1.807, 2.05) is 38.1 Å². The van der Waals surface area contributed by atoms with Crippen LogP contribution in [-0.4, -0.2) is 41.1 Å². The molecule has 0 bridgehead atoms. The summed E-state index contributed by atoms with van der Waals surface area (Å²) in [5.41, 5.74) is 3.04. The molecule has 0 aliphatic carbocycles. The molecule has 0 radical (unpaired) electrons. The van der Waals surface area contributed by atoms with E-state index in [2.05, 4.69) is 0 Å². The molecular formula is C26H28N2O5S. The van der Waals surface area contributed by atoms with E-state index in [0.29, 0.717) is 11.5 Å². The second kappa shape index (κ2) is 9.38. The van der Waals surface area contributed by atoms with Crippen LogP contribution in [0.5, 0.6) is 11.5 Å². The maximum Gasteiger partial charge on any atom is 0.264 e. The average molecular weight is 481 g/mol. The molecule has 1 atom stereocenters. The average Bonchev–Trinajstić information content (AvgIpc) is 3.17. The molecule has 4 rings (SSSR count). The third-order valence-electron chi connectivity index (χ3n) is 6.02. The minimum atomic E-state index is -4.10. The first-order valence-electron chi connectivity index (χ1n) is 11.0. The molecule has 7 nitrogen and oxygen atoms in total. The van der Waals surface area contributed by atoms with Crippen molar-refractivity contribution in [2.24, 2.45) is 0 Å². The number of aryl methyl sites for hydroxylation is 1. The molecule has 8 heteroatoms. The second-order valence-corrected chi connectivity index (χ2v) is 10.2. The zero-order valence-corrected chi connectivity index (χ0v) is 20.5. The van der Waals surface area contributed by atoms with Gasteiger partial charge in [0.1, 0.15) is 18.0 Å². The van der Waals surface area contributed by atoms with Crippen LogP contribution in [0.25, 0.3) is 0 Å². The van der Waals surface area contributed by atoms with Crippen LogP contribution in [0.15, 0.2) is 71.6 Å². The predicted octanol–water partition coefficient (Wildman–Crippen LogP) is 4.19. The lowest BCUT2D eigenvalue weighted by Gasteiger charge is -2.29. The molecule has 0 aromatic heterocycles. The van der Waals surface area contributed by atoms with Crippen molar-refractivity contribution in [2.75, 3.05) is 30.0 Å². The highest BCUT2D eigenvalue weighted by Gasteiger charge is 2.35. The van der Waals surface area contributed by atoms with Crippen LogP contribution in [0, 0.1) is 6.92 Å². The predicted molar refractivity (Wildman–Crippen MR) is 132 cm³/mol. The highest BCUT2D eigenvalue weighted by molar-refractivity contribution is 7.92. The quantitative estimate of drug-likeness (QED) is 0.507. The van der Waals surface area contributed by atoms with Gasteiger partial charge in [0.2, 0.25) is 5.91 Å². The number of benzene rings is 3. The standard InChI is InChI=1S/C26H28N2O5S/c1-18-9-12-22(13-10-18)34(30,31)27(24-16-21(32-3)11-14-25(24)33-4)17-26(29)28-19(2)15-20-7-5-6-8-23(20)28/h5-14,16,19H,15,17H2,1-4H3/t19-/m1/s1. The van der Waals surface area contributed by atoms with Gasteiger partial charge in [-0.1, -0.05) is 35.9 Å². The normalized spacial score (nSPS) is 15.1. The number of sulfonamides is 1. The fourth-order valence-electron chi connectivity index (χ4n) is 4.27. The Kier molecular flexibility index (Phi) is 6.52. The third-order valence-corrected chi connectivity index (χ3v) is 7.79. The Morgan fingerprint density at radius 1 is 1.03 bits per heavy atom. The summed E-state index contributed by atoms with van der Waals surface area (Å²) in [5, 5.41) is 0. The zero-order valence-electron chi connectivity index (χ0n) is 19.7. The Balaban J connectivity index is 1.81. The van der Waals surface area contributed by atoms with Crippen molar-refractivity contribution in [2.45, 2.75) is 31.2 Å². The smallest absolute Gasteiger partial charge is 0.264 e. The SMILES string of the molecule is COc1ccc(OC)c(N(CC(=O)N2c3ccccc3C[C@H]2C)S(=O)(=O)c2ccc(C)cc2)c1. The van der Waals surface area contributed by atoms with Gasteiger partial charge >= 0.3 is 0 Å². The summed E-state index contributed by atoms with van der Waals surface area (Å²) in [7, 11) is -1.14. The Hall–Kier alpha value is -3.52. The summed E-state index contributed by atoms with van der Waals surface area (Å²) in [6.07, 6.45) is 0.717. The van der Waals surface area contributed by atoms with Crippen molar-refractivity contribution in [1.82, 2.24) is 0 Å².